The standard InChI is InChI=1S/C39H24N2OS/c1-2-9-25(10-3-1)26-17-20-28(21-18-26)41(33-15-8-14-31-30-13-6-7-16-34(30)42-37(31)33)39-36-32-22-19-27-11-4-5-12-29(27)38(32)43-35(36)23-24-40-39/h1-24H. The Morgan fingerprint density at radius 3 is 2.19 bits per heavy atom. The molecule has 9 rings (SSSR count). The van der Waals surface area contributed by atoms with Crippen LogP contribution < -0.4 is 4.90 Å². The molecule has 4 heteroatoms. The summed E-state index contributed by atoms with van der Waals surface area (Å²) in [6.45, 7) is 0. The molecule has 0 saturated carbocycles. The number of aromatic nitrogens is 1. The fourth-order valence-electron chi connectivity index (χ4n) is 6.32. The number of para-hydroxylation sites is 2. The molecule has 0 N–H and O–H groups in total. The van der Waals surface area contributed by atoms with Gasteiger partial charge in [0.1, 0.15) is 11.4 Å². The normalized spacial score (nSPS) is 11.7. The molecular formula is C39H24N2OS. The SMILES string of the molecule is c1ccc(-c2ccc(N(c3cccc4c3oc3ccccc34)c3nccc4sc5c6ccccc6ccc5c34)cc2)cc1. The molecule has 3 nitrogen and oxygen atoms in total. The molecule has 202 valence electrons. The maximum atomic E-state index is 6.57. The summed E-state index contributed by atoms with van der Waals surface area (Å²) in [7, 11) is 0. The first-order valence-electron chi connectivity index (χ1n) is 14.4. The number of thiophene rings is 1. The van der Waals surface area contributed by atoms with Crippen LogP contribution in [0.1, 0.15) is 0 Å². The van der Waals surface area contributed by atoms with Gasteiger partial charge in [0.05, 0.1) is 5.69 Å². The highest BCUT2D eigenvalue weighted by Crippen LogP contribution is 2.47. The van der Waals surface area contributed by atoms with Gasteiger partial charge in [-0.3, -0.25) is 4.90 Å². The smallest absolute Gasteiger partial charge is 0.159 e. The number of furan rings is 1. The van der Waals surface area contributed by atoms with Gasteiger partial charge in [-0.15, -0.1) is 11.3 Å². The number of nitrogens with zero attached hydrogens (tertiary/aromatic N) is 2. The molecule has 0 spiro atoms. The Bertz CT molecular complexity index is 2460. The van der Waals surface area contributed by atoms with Crippen LogP contribution in [-0.2, 0) is 0 Å². The van der Waals surface area contributed by atoms with Crippen LogP contribution in [0, 0.1) is 0 Å². The first kappa shape index (κ1) is 24.2. The van der Waals surface area contributed by atoms with Crippen LogP contribution in [0.2, 0.25) is 0 Å². The molecule has 0 aliphatic carbocycles. The Morgan fingerprint density at radius 1 is 0.558 bits per heavy atom. The second-order valence-electron chi connectivity index (χ2n) is 10.8. The summed E-state index contributed by atoms with van der Waals surface area (Å²) < 4.78 is 9.06. The van der Waals surface area contributed by atoms with Gasteiger partial charge in [0, 0.05) is 42.8 Å². The highest BCUT2D eigenvalue weighted by molar-refractivity contribution is 7.26. The van der Waals surface area contributed by atoms with Gasteiger partial charge in [0.15, 0.2) is 5.58 Å². The minimum Gasteiger partial charge on any atom is -0.454 e. The molecule has 0 atom stereocenters. The number of fused-ring (bicyclic) bond motifs is 8. The molecule has 0 amide bonds. The quantitative estimate of drug-likeness (QED) is 0.211. The first-order chi connectivity index (χ1) is 21.3. The van der Waals surface area contributed by atoms with Crippen molar-refractivity contribution in [1.82, 2.24) is 4.98 Å². The molecule has 0 fully saturated rings. The summed E-state index contributed by atoms with van der Waals surface area (Å²) in [5.74, 6) is 0.888. The molecule has 3 heterocycles. The van der Waals surface area contributed by atoms with Crippen molar-refractivity contribution in [3.8, 4) is 11.1 Å². The zero-order chi connectivity index (χ0) is 28.3. The van der Waals surface area contributed by atoms with Gasteiger partial charge in [-0.2, -0.15) is 0 Å². The van der Waals surface area contributed by atoms with E-state index in [0.29, 0.717) is 0 Å². The van der Waals surface area contributed by atoms with Crippen LogP contribution in [0.3, 0.4) is 0 Å². The summed E-state index contributed by atoms with van der Waals surface area (Å²) in [4.78, 5) is 7.36. The molecule has 3 aromatic heterocycles. The van der Waals surface area contributed by atoms with Gasteiger partial charge in [0.2, 0.25) is 0 Å². The molecule has 0 saturated heterocycles. The van der Waals surface area contributed by atoms with Crippen LogP contribution in [0.25, 0.3) is 64.0 Å². The third-order valence-corrected chi connectivity index (χ3v) is 9.53. The zero-order valence-electron chi connectivity index (χ0n) is 23.1. The molecule has 9 aromatic rings. The van der Waals surface area contributed by atoms with Gasteiger partial charge in [-0.05, 0) is 52.2 Å². The molecule has 0 bridgehead atoms. The largest absolute Gasteiger partial charge is 0.454 e. The van der Waals surface area contributed by atoms with E-state index in [0.717, 1.165) is 44.5 Å². The van der Waals surface area contributed by atoms with E-state index in [1.807, 2.05) is 35.7 Å². The minimum absolute atomic E-state index is 0.847. The lowest BCUT2D eigenvalue weighted by Crippen LogP contribution is -2.12. The number of hydrogen-bond donors (Lipinski definition) is 0. The average Bonchev–Trinajstić information content (AvgIpc) is 3.65. The molecule has 0 unspecified atom stereocenters. The Hall–Kier alpha value is -5.45. The van der Waals surface area contributed by atoms with Crippen molar-refractivity contribution >= 4 is 81.4 Å². The van der Waals surface area contributed by atoms with Crippen molar-refractivity contribution in [3.05, 3.63) is 146 Å². The fourth-order valence-corrected chi connectivity index (χ4v) is 7.55. The highest BCUT2D eigenvalue weighted by atomic mass is 32.1. The zero-order valence-corrected chi connectivity index (χ0v) is 23.9. The van der Waals surface area contributed by atoms with E-state index in [1.54, 1.807) is 0 Å². The summed E-state index contributed by atoms with van der Waals surface area (Å²) in [6, 6.07) is 49.1. The monoisotopic (exact) mass is 568 g/mol. The van der Waals surface area contributed by atoms with Crippen molar-refractivity contribution in [2.45, 2.75) is 0 Å². The fraction of sp³-hybridized carbons (Fsp3) is 0. The minimum atomic E-state index is 0.847. The summed E-state index contributed by atoms with van der Waals surface area (Å²) in [5.41, 5.74) is 6.07. The van der Waals surface area contributed by atoms with E-state index in [4.69, 9.17) is 9.40 Å². The molecule has 0 aliphatic heterocycles. The molecule has 43 heavy (non-hydrogen) atoms. The Morgan fingerprint density at radius 2 is 1.30 bits per heavy atom. The molecule has 6 aromatic carbocycles. The predicted octanol–water partition coefficient (Wildman–Crippen LogP) is 11.6. The van der Waals surface area contributed by atoms with Crippen LogP contribution in [0.15, 0.2) is 150 Å². The van der Waals surface area contributed by atoms with Gasteiger partial charge in [0.25, 0.3) is 0 Å². The van der Waals surface area contributed by atoms with Gasteiger partial charge in [-0.25, -0.2) is 4.98 Å². The lowest BCUT2D eigenvalue weighted by atomic mass is 10.0. The van der Waals surface area contributed by atoms with E-state index in [1.165, 1.54) is 36.7 Å². The molecular weight excluding hydrogens is 545 g/mol. The second kappa shape index (κ2) is 9.55. The van der Waals surface area contributed by atoms with Crippen molar-refractivity contribution in [1.29, 1.82) is 0 Å². The lowest BCUT2D eigenvalue weighted by molar-refractivity contribution is 0.669. The maximum absolute atomic E-state index is 6.57. The first-order valence-corrected chi connectivity index (χ1v) is 15.2. The summed E-state index contributed by atoms with van der Waals surface area (Å²) in [6.07, 6.45) is 1.93. The topological polar surface area (TPSA) is 29.3 Å². The number of pyridine rings is 1. The van der Waals surface area contributed by atoms with Crippen molar-refractivity contribution < 1.29 is 4.42 Å². The van der Waals surface area contributed by atoms with Crippen molar-refractivity contribution in [2.24, 2.45) is 0 Å². The number of hydrogen-bond acceptors (Lipinski definition) is 4. The van der Waals surface area contributed by atoms with Crippen LogP contribution in [0.5, 0.6) is 0 Å². The number of anilines is 3. The Balaban J connectivity index is 1.34. The van der Waals surface area contributed by atoms with Gasteiger partial charge >= 0.3 is 0 Å². The Labute approximate surface area is 251 Å². The summed E-state index contributed by atoms with van der Waals surface area (Å²) >= 11 is 1.83. The maximum Gasteiger partial charge on any atom is 0.159 e. The highest BCUT2D eigenvalue weighted by Gasteiger charge is 2.24. The van der Waals surface area contributed by atoms with E-state index in [-0.39, 0.29) is 0 Å². The van der Waals surface area contributed by atoms with Crippen LogP contribution in [-0.4, -0.2) is 4.98 Å². The number of rotatable bonds is 4. The van der Waals surface area contributed by atoms with E-state index in [2.05, 4.69) is 126 Å². The van der Waals surface area contributed by atoms with E-state index in [9.17, 15) is 0 Å². The van der Waals surface area contributed by atoms with Crippen LogP contribution in [0.4, 0.5) is 17.2 Å². The number of benzene rings is 6. The lowest BCUT2D eigenvalue weighted by Gasteiger charge is -2.25. The van der Waals surface area contributed by atoms with Crippen molar-refractivity contribution in [2.75, 3.05) is 4.90 Å². The van der Waals surface area contributed by atoms with Crippen molar-refractivity contribution in [3.63, 3.8) is 0 Å². The predicted molar refractivity (Wildman–Crippen MR) is 182 cm³/mol. The summed E-state index contributed by atoms with van der Waals surface area (Å²) in [5, 5.41) is 7.07. The average molecular weight is 569 g/mol. The van der Waals surface area contributed by atoms with E-state index >= 15 is 0 Å². The van der Waals surface area contributed by atoms with Gasteiger partial charge < -0.3 is 4.42 Å². The van der Waals surface area contributed by atoms with E-state index < -0.39 is 0 Å². The third-order valence-electron chi connectivity index (χ3n) is 8.32. The third kappa shape index (κ3) is 3.77. The van der Waals surface area contributed by atoms with Gasteiger partial charge in [-0.1, -0.05) is 109 Å². The van der Waals surface area contributed by atoms with Crippen LogP contribution >= 0.6 is 11.3 Å². The molecule has 0 radical (unpaired) electrons. The second-order valence-corrected chi connectivity index (χ2v) is 11.8. The molecule has 0 aliphatic rings. The Kier molecular flexibility index (Phi) is 5.37.